The van der Waals surface area contributed by atoms with Gasteiger partial charge in [-0.15, -0.1) is 0 Å². The van der Waals surface area contributed by atoms with Crippen molar-refractivity contribution in [1.29, 1.82) is 0 Å². The van der Waals surface area contributed by atoms with Gasteiger partial charge in [-0.25, -0.2) is 13.6 Å². The minimum atomic E-state index is -3.74. The van der Waals surface area contributed by atoms with Crippen LogP contribution in [0.15, 0.2) is 29.2 Å². The first-order valence-corrected chi connectivity index (χ1v) is 6.60. The molecule has 2 atom stereocenters. The highest BCUT2D eigenvalue weighted by atomic mass is 32.2. The lowest BCUT2D eigenvalue weighted by atomic mass is 10.0. The van der Waals surface area contributed by atoms with Crippen molar-refractivity contribution in [1.82, 2.24) is 0 Å². The smallest absolute Gasteiger partial charge is 0.238 e. The number of hydrogen-bond donors (Lipinski definition) is 4. The molecule has 6 nitrogen and oxygen atoms in total. The van der Waals surface area contributed by atoms with E-state index >= 15 is 0 Å². The van der Waals surface area contributed by atoms with Crippen LogP contribution >= 0.6 is 0 Å². The predicted octanol–water partition coefficient (Wildman–Crippen LogP) is -0.923. The molecule has 7 heteroatoms. The number of nitrogens with two attached hydrogens (primary N) is 2. The van der Waals surface area contributed by atoms with Crippen LogP contribution in [-0.2, 0) is 10.0 Å². The Morgan fingerprint density at radius 3 is 2.12 bits per heavy atom. The molecule has 0 fully saturated rings. The first-order chi connectivity index (χ1) is 7.86. The molecule has 0 spiro atoms. The van der Waals surface area contributed by atoms with E-state index in [4.69, 9.17) is 10.9 Å². The van der Waals surface area contributed by atoms with Crippen LogP contribution in [-0.4, -0.2) is 31.3 Å². The second-order valence-electron chi connectivity index (χ2n) is 3.70. The van der Waals surface area contributed by atoms with Gasteiger partial charge in [0.05, 0.1) is 11.0 Å². The summed E-state index contributed by atoms with van der Waals surface area (Å²) in [6, 6.07) is 5.38. The Labute approximate surface area is 99.9 Å². The first-order valence-electron chi connectivity index (χ1n) is 5.05. The van der Waals surface area contributed by atoms with Crippen LogP contribution in [0.2, 0.25) is 0 Å². The minimum Gasteiger partial charge on any atom is -0.390 e. The van der Waals surface area contributed by atoms with Crippen molar-refractivity contribution in [2.75, 3.05) is 6.54 Å². The van der Waals surface area contributed by atoms with Gasteiger partial charge in [0.2, 0.25) is 10.0 Å². The molecule has 0 amide bonds. The summed E-state index contributed by atoms with van der Waals surface area (Å²) in [6.07, 6.45) is -1.80. The van der Waals surface area contributed by atoms with Gasteiger partial charge in [0.1, 0.15) is 6.10 Å². The number of aliphatic hydroxyl groups excluding tert-OH is 2. The average Bonchev–Trinajstić information content (AvgIpc) is 2.27. The Hall–Kier alpha value is -0.990. The Morgan fingerprint density at radius 1 is 1.18 bits per heavy atom. The molecule has 0 bridgehead atoms. The number of benzene rings is 1. The Balaban J connectivity index is 2.88. The van der Waals surface area contributed by atoms with Gasteiger partial charge in [-0.2, -0.15) is 0 Å². The second-order valence-corrected chi connectivity index (χ2v) is 5.27. The summed E-state index contributed by atoms with van der Waals surface area (Å²) >= 11 is 0. The molecule has 0 radical (unpaired) electrons. The topological polar surface area (TPSA) is 127 Å². The van der Waals surface area contributed by atoms with Crippen molar-refractivity contribution in [3.05, 3.63) is 29.8 Å². The third-order valence-corrected chi connectivity index (χ3v) is 3.31. The minimum absolute atomic E-state index is 0.0400. The number of sulfonamides is 1. The van der Waals surface area contributed by atoms with E-state index in [2.05, 4.69) is 0 Å². The van der Waals surface area contributed by atoms with Gasteiger partial charge in [-0.05, 0) is 30.7 Å². The van der Waals surface area contributed by atoms with E-state index in [9.17, 15) is 18.6 Å². The van der Waals surface area contributed by atoms with Crippen LogP contribution in [0.1, 0.15) is 18.1 Å². The molecule has 17 heavy (non-hydrogen) atoms. The molecule has 0 saturated carbocycles. The van der Waals surface area contributed by atoms with E-state index in [0.29, 0.717) is 5.56 Å². The molecule has 96 valence electrons. The van der Waals surface area contributed by atoms with Crippen LogP contribution in [0.5, 0.6) is 0 Å². The summed E-state index contributed by atoms with van der Waals surface area (Å²) in [5.41, 5.74) is 5.67. The number of hydrogen-bond acceptors (Lipinski definition) is 5. The van der Waals surface area contributed by atoms with Crippen LogP contribution in [0, 0.1) is 0 Å². The van der Waals surface area contributed by atoms with Crippen molar-refractivity contribution < 1.29 is 18.6 Å². The van der Waals surface area contributed by atoms with Crippen molar-refractivity contribution >= 4 is 10.0 Å². The number of primary sulfonamides is 1. The molecule has 6 N–H and O–H groups in total. The van der Waals surface area contributed by atoms with Crippen LogP contribution in [0.3, 0.4) is 0 Å². The van der Waals surface area contributed by atoms with E-state index in [1.54, 1.807) is 0 Å². The first kappa shape index (κ1) is 14.1. The molecule has 0 aliphatic heterocycles. The molecule has 0 saturated heterocycles. The molecule has 1 aromatic rings. The molecule has 1 rings (SSSR count). The van der Waals surface area contributed by atoms with E-state index in [-0.39, 0.29) is 17.9 Å². The van der Waals surface area contributed by atoms with E-state index in [1.165, 1.54) is 24.3 Å². The van der Waals surface area contributed by atoms with Gasteiger partial charge in [-0.3, -0.25) is 0 Å². The quantitative estimate of drug-likeness (QED) is 0.544. The van der Waals surface area contributed by atoms with Gasteiger partial charge in [0.25, 0.3) is 0 Å². The molecule has 0 aliphatic carbocycles. The zero-order chi connectivity index (χ0) is 13.1. The fraction of sp³-hybridized carbons (Fsp3) is 0.400. The Morgan fingerprint density at radius 2 is 1.71 bits per heavy atom. The molecular weight excluding hydrogens is 244 g/mol. The molecule has 1 aromatic carbocycles. The van der Waals surface area contributed by atoms with Crippen LogP contribution in [0.4, 0.5) is 0 Å². The zero-order valence-corrected chi connectivity index (χ0v) is 9.97. The summed E-state index contributed by atoms with van der Waals surface area (Å²) in [5.74, 6) is 0. The standard InChI is InChI=1S/C10H16N2O4S/c11-6-5-9(13)10(14)7-1-3-8(4-2-7)17(12,15)16/h1-4,9-10,13-14H,5-6,11H2,(H2,12,15,16). The summed E-state index contributed by atoms with van der Waals surface area (Å²) in [5, 5.41) is 24.2. The maximum Gasteiger partial charge on any atom is 0.238 e. The lowest BCUT2D eigenvalue weighted by molar-refractivity contribution is 0.0150. The highest BCUT2D eigenvalue weighted by Crippen LogP contribution is 2.20. The third-order valence-electron chi connectivity index (χ3n) is 2.38. The van der Waals surface area contributed by atoms with Crippen LogP contribution in [0.25, 0.3) is 0 Å². The molecular formula is C10H16N2O4S. The van der Waals surface area contributed by atoms with Crippen molar-refractivity contribution in [2.45, 2.75) is 23.5 Å². The Bertz CT molecular complexity index is 458. The fourth-order valence-corrected chi connectivity index (χ4v) is 1.92. The molecule has 2 unspecified atom stereocenters. The molecule has 0 heterocycles. The van der Waals surface area contributed by atoms with Crippen molar-refractivity contribution in [3.8, 4) is 0 Å². The van der Waals surface area contributed by atoms with Gasteiger partial charge in [0.15, 0.2) is 0 Å². The zero-order valence-electron chi connectivity index (χ0n) is 9.15. The van der Waals surface area contributed by atoms with E-state index in [1.807, 2.05) is 0 Å². The summed E-state index contributed by atoms with van der Waals surface area (Å²) in [4.78, 5) is -0.0400. The summed E-state index contributed by atoms with van der Waals surface area (Å²) < 4.78 is 22.0. The van der Waals surface area contributed by atoms with E-state index in [0.717, 1.165) is 0 Å². The number of rotatable bonds is 5. The maximum atomic E-state index is 11.0. The molecule has 0 aliphatic rings. The maximum absolute atomic E-state index is 11.0. The van der Waals surface area contributed by atoms with Gasteiger partial charge < -0.3 is 15.9 Å². The normalized spacial score (nSPS) is 15.5. The highest BCUT2D eigenvalue weighted by Gasteiger charge is 2.18. The largest absolute Gasteiger partial charge is 0.390 e. The fourth-order valence-electron chi connectivity index (χ4n) is 1.41. The lowest BCUT2D eigenvalue weighted by Crippen LogP contribution is -2.21. The lowest BCUT2D eigenvalue weighted by Gasteiger charge is -2.17. The average molecular weight is 260 g/mol. The third kappa shape index (κ3) is 3.76. The SMILES string of the molecule is NCCC(O)C(O)c1ccc(S(N)(=O)=O)cc1. The number of aliphatic hydroxyl groups is 2. The molecule has 0 aromatic heterocycles. The van der Waals surface area contributed by atoms with Gasteiger partial charge in [-0.1, -0.05) is 12.1 Å². The van der Waals surface area contributed by atoms with E-state index < -0.39 is 22.2 Å². The van der Waals surface area contributed by atoms with Gasteiger partial charge >= 0.3 is 0 Å². The summed E-state index contributed by atoms with van der Waals surface area (Å²) in [6.45, 7) is 0.257. The van der Waals surface area contributed by atoms with Crippen molar-refractivity contribution in [2.24, 2.45) is 10.9 Å². The van der Waals surface area contributed by atoms with Crippen LogP contribution < -0.4 is 10.9 Å². The monoisotopic (exact) mass is 260 g/mol. The second kappa shape index (κ2) is 5.56. The Kier molecular flexibility index (Phi) is 4.61. The highest BCUT2D eigenvalue weighted by molar-refractivity contribution is 7.89. The van der Waals surface area contributed by atoms with Crippen molar-refractivity contribution in [3.63, 3.8) is 0 Å². The predicted molar refractivity (Wildman–Crippen MR) is 62.5 cm³/mol. The van der Waals surface area contributed by atoms with Gasteiger partial charge in [0, 0.05) is 0 Å². The summed E-state index contributed by atoms with van der Waals surface area (Å²) in [7, 11) is -3.74.